The van der Waals surface area contributed by atoms with Crippen LogP contribution in [-0.2, 0) is 5.54 Å². The minimum Gasteiger partial charge on any atom is -0.381 e. The molecule has 1 heterocycles. The summed E-state index contributed by atoms with van der Waals surface area (Å²) in [5.74, 6) is 0.261. The Morgan fingerprint density at radius 3 is 2.50 bits per heavy atom. The summed E-state index contributed by atoms with van der Waals surface area (Å²) in [5.41, 5.74) is 9.18. The number of rotatable bonds is 1. The summed E-state index contributed by atoms with van der Waals surface area (Å²) >= 11 is 0. The highest BCUT2D eigenvalue weighted by Gasteiger charge is 2.37. The fourth-order valence-corrected chi connectivity index (χ4v) is 1.52. The summed E-state index contributed by atoms with van der Waals surface area (Å²) in [4.78, 5) is 0. The molecule has 1 unspecified atom stereocenters. The maximum atomic E-state index is 7.83. The van der Waals surface area contributed by atoms with Crippen molar-refractivity contribution < 1.29 is 0 Å². The van der Waals surface area contributed by atoms with Crippen LogP contribution in [0.5, 0.6) is 0 Å². The highest BCUT2D eigenvalue weighted by Crippen LogP contribution is 2.24. The van der Waals surface area contributed by atoms with Crippen LogP contribution in [0.1, 0.15) is 12.5 Å². The summed E-state index contributed by atoms with van der Waals surface area (Å²) in [6.07, 6.45) is 0. The van der Waals surface area contributed by atoms with Gasteiger partial charge in [-0.25, -0.2) is 0 Å². The molecule has 0 fully saturated rings. The molecule has 4 heteroatoms. The summed E-state index contributed by atoms with van der Waals surface area (Å²) in [5, 5.41) is 11.7. The van der Waals surface area contributed by atoms with Crippen LogP contribution in [0, 0.1) is 5.41 Å². The molecule has 1 aliphatic rings. The lowest BCUT2D eigenvalue weighted by Gasteiger charge is -2.24. The summed E-state index contributed by atoms with van der Waals surface area (Å²) in [6, 6.07) is 9.72. The van der Waals surface area contributed by atoms with E-state index in [0.717, 1.165) is 5.56 Å². The van der Waals surface area contributed by atoms with Gasteiger partial charge in [0, 0.05) is 0 Å². The van der Waals surface area contributed by atoms with E-state index in [2.05, 4.69) is 10.5 Å². The van der Waals surface area contributed by atoms with Crippen LogP contribution in [0.2, 0.25) is 0 Å². The second kappa shape index (κ2) is 2.83. The van der Waals surface area contributed by atoms with Crippen molar-refractivity contribution >= 4 is 11.5 Å². The molecule has 1 aliphatic heterocycles. The third-order valence-electron chi connectivity index (χ3n) is 2.51. The topological polar surface area (TPSA) is 74.3 Å². The van der Waals surface area contributed by atoms with Crippen LogP contribution >= 0.6 is 0 Å². The highest BCUT2D eigenvalue weighted by atomic mass is 15.4. The van der Waals surface area contributed by atoms with Gasteiger partial charge in [0.1, 0.15) is 11.3 Å². The summed E-state index contributed by atoms with van der Waals surface area (Å²) < 4.78 is 0. The zero-order chi connectivity index (χ0) is 10.2. The zero-order valence-corrected chi connectivity index (χ0v) is 7.91. The Bertz CT molecular complexity index is 396. The molecular weight excluding hydrogens is 176 g/mol. The largest absolute Gasteiger partial charge is 0.381 e. The van der Waals surface area contributed by atoms with Gasteiger partial charge in [0.05, 0.1) is 0 Å². The van der Waals surface area contributed by atoms with Gasteiger partial charge in [0.15, 0.2) is 5.84 Å². The van der Waals surface area contributed by atoms with Crippen molar-refractivity contribution in [1.29, 1.82) is 5.41 Å². The molecule has 0 bridgehead atoms. The predicted octanol–water partition coefficient (Wildman–Crippen LogP) is 0.797. The van der Waals surface area contributed by atoms with Gasteiger partial charge in [-0.2, -0.15) is 5.10 Å². The molecule has 0 spiro atoms. The minimum absolute atomic E-state index is 0.261. The maximum absolute atomic E-state index is 7.83. The first kappa shape index (κ1) is 8.74. The molecule has 0 aliphatic carbocycles. The van der Waals surface area contributed by atoms with Crippen molar-refractivity contribution in [2.45, 2.75) is 12.5 Å². The van der Waals surface area contributed by atoms with Crippen molar-refractivity contribution in [3.05, 3.63) is 35.9 Å². The van der Waals surface area contributed by atoms with Crippen LogP contribution in [0.25, 0.3) is 0 Å². The van der Waals surface area contributed by atoms with Crippen LogP contribution in [0.4, 0.5) is 0 Å². The number of benzene rings is 1. The van der Waals surface area contributed by atoms with E-state index >= 15 is 0 Å². The Hall–Kier alpha value is -1.84. The number of nitrogens with one attached hydrogen (secondary N) is 2. The van der Waals surface area contributed by atoms with Gasteiger partial charge < -0.3 is 5.73 Å². The highest BCUT2D eigenvalue weighted by molar-refractivity contribution is 6.43. The van der Waals surface area contributed by atoms with Crippen molar-refractivity contribution in [1.82, 2.24) is 5.43 Å². The Balaban J connectivity index is 2.42. The fraction of sp³-hybridized carbons (Fsp3) is 0.200. The van der Waals surface area contributed by atoms with E-state index in [1.165, 1.54) is 0 Å². The van der Waals surface area contributed by atoms with E-state index < -0.39 is 5.54 Å². The average molecular weight is 188 g/mol. The number of nitrogens with two attached hydrogens (primary N) is 1. The average Bonchev–Trinajstić information content (AvgIpc) is 2.49. The lowest BCUT2D eigenvalue weighted by atomic mass is 9.88. The van der Waals surface area contributed by atoms with E-state index in [0.29, 0.717) is 5.71 Å². The van der Waals surface area contributed by atoms with E-state index in [4.69, 9.17) is 11.1 Å². The molecule has 0 saturated heterocycles. The monoisotopic (exact) mass is 188 g/mol. The Labute approximate surface area is 82.3 Å². The van der Waals surface area contributed by atoms with Crippen LogP contribution in [0.15, 0.2) is 35.4 Å². The van der Waals surface area contributed by atoms with Crippen molar-refractivity contribution in [2.24, 2.45) is 10.8 Å². The Morgan fingerprint density at radius 1 is 1.36 bits per heavy atom. The van der Waals surface area contributed by atoms with Crippen LogP contribution in [0.3, 0.4) is 0 Å². The van der Waals surface area contributed by atoms with Crippen molar-refractivity contribution in [3.63, 3.8) is 0 Å². The standard InChI is InChI=1S/C10H12N4/c1-10(7-5-3-2-4-6-7)8(11)9(12)13-14-10/h2-6,11,14H,1H3,(H2,12,13). The molecule has 1 aromatic carbocycles. The molecule has 0 amide bonds. The zero-order valence-electron chi connectivity index (χ0n) is 7.91. The lowest BCUT2D eigenvalue weighted by molar-refractivity contribution is 0.526. The normalized spacial score (nSPS) is 25.8. The molecule has 14 heavy (non-hydrogen) atoms. The van der Waals surface area contributed by atoms with Crippen LogP contribution < -0.4 is 11.2 Å². The third-order valence-corrected chi connectivity index (χ3v) is 2.51. The molecule has 2 rings (SSSR count). The Morgan fingerprint density at radius 2 is 2.00 bits per heavy atom. The molecule has 4 nitrogen and oxygen atoms in total. The molecule has 0 aromatic heterocycles. The van der Waals surface area contributed by atoms with Crippen molar-refractivity contribution in [2.75, 3.05) is 0 Å². The fourth-order valence-electron chi connectivity index (χ4n) is 1.52. The number of hydrazone groups is 1. The number of hydrogen-bond donors (Lipinski definition) is 3. The maximum Gasteiger partial charge on any atom is 0.167 e. The second-order valence-corrected chi connectivity index (χ2v) is 3.47. The van der Waals surface area contributed by atoms with Gasteiger partial charge >= 0.3 is 0 Å². The van der Waals surface area contributed by atoms with Gasteiger partial charge in [-0.1, -0.05) is 30.3 Å². The van der Waals surface area contributed by atoms with Crippen molar-refractivity contribution in [3.8, 4) is 0 Å². The number of nitrogens with zero attached hydrogens (tertiary/aromatic N) is 1. The van der Waals surface area contributed by atoms with Gasteiger partial charge in [-0.05, 0) is 12.5 Å². The number of amidine groups is 1. The second-order valence-electron chi connectivity index (χ2n) is 3.47. The van der Waals surface area contributed by atoms with Gasteiger partial charge in [-0.15, -0.1) is 0 Å². The summed E-state index contributed by atoms with van der Waals surface area (Å²) in [6.45, 7) is 1.90. The summed E-state index contributed by atoms with van der Waals surface area (Å²) in [7, 11) is 0. The number of hydrogen-bond acceptors (Lipinski definition) is 4. The first-order valence-electron chi connectivity index (χ1n) is 4.40. The molecule has 4 N–H and O–H groups in total. The molecular formula is C10H12N4. The molecule has 0 saturated carbocycles. The van der Waals surface area contributed by atoms with E-state index in [1.807, 2.05) is 37.3 Å². The van der Waals surface area contributed by atoms with E-state index in [1.54, 1.807) is 0 Å². The van der Waals surface area contributed by atoms with E-state index in [-0.39, 0.29) is 5.84 Å². The van der Waals surface area contributed by atoms with Crippen LogP contribution in [-0.4, -0.2) is 11.5 Å². The quantitative estimate of drug-likeness (QED) is 0.609. The minimum atomic E-state index is -0.578. The third kappa shape index (κ3) is 1.08. The lowest BCUT2D eigenvalue weighted by Crippen LogP contribution is -2.41. The van der Waals surface area contributed by atoms with Gasteiger partial charge in [-0.3, -0.25) is 10.8 Å². The molecule has 1 atom stereocenters. The van der Waals surface area contributed by atoms with Gasteiger partial charge in [0.2, 0.25) is 0 Å². The molecule has 1 aromatic rings. The smallest absolute Gasteiger partial charge is 0.167 e. The first-order valence-corrected chi connectivity index (χ1v) is 4.40. The van der Waals surface area contributed by atoms with E-state index in [9.17, 15) is 0 Å². The molecule has 0 radical (unpaired) electrons. The Kier molecular flexibility index (Phi) is 1.77. The molecule has 72 valence electrons. The SMILES string of the molecule is CC1(c2ccccc2)NN=C(N)C1=N. The first-order chi connectivity index (χ1) is 6.64. The van der Waals surface area contributed by atoms with Gasteiger partial charge in [0.25, 0.3) is 0 Å². The predicted molar refractivity (Wildman–Crippen MR) is 56.3 cm³/mol.